The van der Waals surface area contributed by atoms with Crippen molar-refractivity contribution in [2.45, 2.75) is 50.3 Å². The molecule has 1 aromatic carbocycles. The largest absolute Gasteiger partial charge is 0.374 e. The van der Waals surface area contributed by atoms with Crippen LogP contribution in [-0.4, -0.2) is 42.1 Å². The van der Waals surface area contributed by atoms with E-state index in [2.05, 4.69) is 0 Å². The lowest BCUT2D eigenvalue weighted by atomic mass is 9.89. The fourth-order valence-electron chi connectivity index (χ4n) is 3.54. The fraction of sp³-hybridized carbons (Fsp3) is 0.588. The van der Waals surface area contributed by atoms with Gasteiger partial charge in [0.1, 0.15) is 0 Å². The van der Waals surface area contributed by atoms with E-state index in [1.807, 2.05) is 35.2 Å². The maximum absolute atomic E-state index is 12.7. The van der Waals surface area contributed by atoms with Crippen molar-refractivity contribution in [1.29, 1.82) is 0 Å². The summed E-state index contributed by atoms with van der Waals surface area (Å²) in [6.45, 7) is 1.33. The molecule has 2 N–H and O–H groups in total. The van der Waals surface area contributed by atoms with Crippen LogP contribution in [0, 0.1) is 0 Å². The fourth-order valence-corrected chi connectivity index (χ4v) is 3.54. The Morgan fingerprint density at radius 1 is 1.29 bits per heavy atom. The highest BCUT2D eigenvalue weighted by Crippen LogP contribution is 2.28. The molecule has 1 saturated heterocycles. The van der Waals surface area contributed by atoms with Crippen LogP contribution in [0.25, 0.3) is 0 Å². The van der Waals surface area contributed by atoms with Gasteiger partial charge in [0.25, 0.3) is 0 Å². The first-order chi connectivity index (χ1) is 10.3. The summed E-state index contributed by atoms with van der Waals surface area (Å²) in [5.41, 5.74) is 7.29. The Labute approximate surface area is 126 Å². The van der Waals surface area contributed by atoms with E-state index < -0.39 is 6.04 Å². The van der Waals surface area contributed by atoms with Crippen molar-refractivity contribution in [2.24, 2.45) is 5.73 Å². The molecule has 2 unspecified atom stereocenters. The van der Waals surface area contributed by atoms with Crippen molar-refractivity contribution in [3.63, 3.8) is 0 Å². The SMILES string of the molecule is N[C@@H](Cc1ccccc1)C(=O)N1CCOC2CCCCC21. The van der Waals surface area contributed by atoms with Gasteiger partial charge in [-0.15, -0.1) is 0 Å². The second kappa shape index (κ2) is 6.58. The molecular weight excluding hydrogens is 264 g/mol. The third kappa shape index (κ3) is 3.27. The van der Waals surface area contributed by atoms with Gasteiger partial charge in [0.15, 0.2) is 0 Å². The molecule has 2 fully saturated rings. The van der Waals surface area contributed by atoms with Crippen LogP contribution in [0.2, 0.25) is 0 Å². The Balaban J connectivity index is 1.65. The van der Waals surface area contributed by atoms with Crippen LogP contribution in [0.1, 0.15) is 31.2 Å². The number of morpholine rings is 1. The van der Waals surface area contributed by atoms with E-state index in [1.165, 1.54) is 12.8 Å². The molecule has 4 nitrogen and oxygen atoms in total. The van der Waals surface area contributed by atoms with Crippen molar-refractivity contribution >= 4 is 5.91 Å². The molecule has 0 bridgehead atoms. The van der Waals surface area contributed by atoms with Gasteiger partial charge in [-0.3, -0.25) is 4.79 Å². The van der Waals surface area contributed by atoms with Gasteiger partial charge in [0.05, 0.1) is 24.8 Å². The minimum absolute atomic E-state index is 0.0825. The molecule has 0 spiro atoms. The second-order valence-corrected chi connectivity index (χ2v) is 6.09. The monoisotopic (exact) mass is 288 g/mol. The summed E-state index contributed by atoms with van der Waals surface area (Å²) in [6, 6.07) is 9.78. The Morgan fingerprint density at radius 3 is 2.86 bits per heavy atom. The molecule has 1 aromatic rings. The molecule has 1 heterocycles. The minimum atomic E-state index is -0.451. The Bertz CT molecular complexity index is 475. The summed E-state index contributed by atoms with van der Waals surface area (Å²) in [5, 5.41) is 0. The number of carbonyl (C=O) groups is 1. The molecule has 1 aliphatic carbocycles. The molecular formula is C17H24N2O2. The van der Waals surface area contributed by atoms with Crippen LogP contribution in [-0.2, 0) is 16.0 Å². The third-order valence-corrected chi connectivity index (χ3v) is 4.63. The zero-order chi connectivity index (χ0) is 14.7. The van der Waals surface area contributed by atoms with Crippen LogP contribution in [0.4, 0.5) is 0 Å². The summed E-state index contributed by atoms with van der Waals surface area (Å²) < 4.78 is 5.83. The van der Waals surface area contributed by atoms with E-state index in [0.717, 1.165) is 18.4 Å². The van der Waals surface area contributed by atoms with Crippen molar-refractivity contribution in [3.05, 3.63) is 35.9 Å². The highest BCUT2D eigenvalue weighted by atomic mass is 16.5. The van der Waals surface area contributed by atoms with Crippen LogP contribution in [0.15, 0.2) is 30.3 Å². The topological polar surface area (TPSA) is 55.6 Å². The van der Waals surface area contributed by atoms with E-state index in [-0.39, 0.29) is 18.1 Å². The van der Waals surface area contributed by atoms with Gasteiger partial charge in [-0.25, -0.2) is 0 Å². The van der Waals surface area contributed by atoms with Crippen molar-refractivity contribution in [1.82, 2.24) is 4.90 Å². The van der Waals surface area contributed by atoms with Gasteiger partial charge in [-0.05, 0) is 24.8 Å². The molecule has 0 aromatic heterocycles. The smallest absolute Gasteiger partial charge is 0.240 e. The summed E-state index contributed by atoms with van der Waals surface area (Å²) in [6.07, 6.45) is 5.34. The lowest BCUT2D eigenvalue weighted by Crippen LogP contribution is -2.58. The molecule has 1 aliphatic heterocycles. The van der Waals surface area contributed by atoms with Crippen LogP contribution in [0.5, 0.6) is 0 Å². The van der Waals surface area contributed by atoms with Gasteiger partial charge in [0.2, 0.25) is 5.91 Å². The van der Waals surface area contributed by atoms with Crippen molar-refractivity contribution < 1.29 is 9.53 Å². The zero-order valence-corrected chi connectivity index (χ0v) is 12.4. The maximum Gasteiger partial charge on any atom is 0.240 e. The number of benzene rings is 1. The molecule has 2 aliphatic rings. The number of nitrogens with two attached hydrogens (primary N) is 1. The Hall–Kier alpha value is -1.39. The summed E-state index contributed by atoms with van der Waals surface area (Å²) in [7, 11) is 0. The van der Waals surface area contributed by atoms with Gasteiger partial charge >= 0.3 is 0 Å². The molecule has 4 heteroatoms. The van der Waals surface area contributed by atoms with E-state index in [9.17, 15) is 4.79 Å². The average molecular weight is 288 g/mol. The average Bonchev–Trinajstić information content (AvgIpc) is 2.54. The van der Waals surface area contributed by atoms with Crippen molar-refractivity contribution in [2.75, 3.05) is 13.2 Å². The first-order valence-corrected chi connectivity index (χ1v) is 7.97. The second-order valence-electron chi connectivity index (χ2n) is 6.09. The van der Waals surface area contributed by atoms with Gasteiger partial charge in [-0.1, -0.05) is 43.2 Å². The molecule has 114 valence electrons. The van der Waals surface area contributed by atoms with Gasteiger partial charge in [-0.2, -0.15) is 0 Å². The quantitative estimate of drug-likeness (QED) is 0.921. The number of rotatable bonds is 3. The third-order valence-electron chi connectivity index (χ3n) is 4.63. The summed E-state index contributed by atoms with van der Waals surface area (Å²) in [5.74, 6) is 0.0825. The number of hydrogen-bond acceptors (Lipinski definition) is 3. The Morgan fingerprint density at radius 2 is 2.05 bits per heavy atom. The first kappa shape index (κ1) is 14.5. The minimum Gasteiger partial charge on any atom is -0.374 e. The molecule has 1 amide bonds. The van der Waals surface area contributed by atoms with Gasteiger partial charge in [0, 0.05) is 6.54 Å². The van der Waals surface area contributed by atoms with Crippen LogP contribution in [0.3, 0.4) is 0 Å². The molecule has 1 saturated carbocycles. The first-order valence-electron chi connectivity index (χ1n) is 7.97. The normalized spacial score (nSPS) is 27.0. The van der Waals surface area contributed by atoms with Crippen molar-refractivity contribution in [3.8, 4) is 0 Å². The highest BCUT2D eigenvalue weighted by Gasteiger charge is 2.37. The predicted molar refractivity (Wildman–Crippen MR) is 81.8 cm³/mol. The molecule has 3 rings (SSSR count). The molecule has 3 atom stereocenters. The number of ether oxygens (including phenoxy) is 1. The van der Waals surface area contributed by atoms with E-state index in [4.69, 9.17) is 10.5 Å². The molecule has 0 radical (unpaired) electrons. The van der Waals surface area contributed by atoms with E-state index in [0.29, 0.717) is 19.6 Å². The van der Waals surface area contributed by atoms with Crippen LogP contribution < -0.4 is 5.73 Å². The summed E-state index contributed by atoms with van der Waals surface area (Å²) >= 11 is 0. The number of fused-ring (bicyclic) bond motifs is 1. The standard InChI is InChI=1S/C17H24N2O2/c18-14(12-13-6-2-1-3-7-13)17(20)19-10-11-21-16-9-5-4-8-15(16)19/h1-3,6-7,14-16H,4-5,8-12,18H2/t14-,15?,16?/m0/s1. The summed E-state index contributed by atoms with van der Waals surface area (Å²) in [4.78, 5) is 14.7. The van der Waals surface area contributed by atoms with Gasteiger partial charge < -0.3 is 15.4 Å². The number of carbonyl (C=O) groups excluding carboxylic acids is 1. The Kier molecular flexibility index (Phi) is 4.56. The van der Waals surface area contributed by atoms with Crippen LogP contribution >= 0.6 is 0 Å². The molecule has 21 heavy (non-hydrogen) atoms. The number of amides is 1. The van der Waals surface area contributed by atoms with E-state index in [1.54, 1.807) is 0 Å². The predicted octanol–water partition coefficient (Wildman–Crippen LogP) is 1.73. The number of hydrogen-bond donors (Lipinski definition) is 1. The lowest BCUT2D eigenvalue weighted by Gasteiger charge is -2.44. The number of nitrogens with zero attached hydrogens (tertiary/aromatic N) is 1. The lowest BCUT2D eigenvalue weighted by molar-refractivity contribution is -0.150. The van der Waals surface area contributed by atoms with E-state index >= 15 is 0 Å². The maximum atomic E-state index is 12.7. The zero-order valence-electron chi connectivity index (χ0n) is 12.4. The highest BCUT2D eigenvalue weighted by molar-refractivity contribution is 5.82.